The first-order valence-electron chi connectivity index (χ1n) is 6.08. The van der Waals surface area contributed by atoms with Crippen LogP contribution in [0.3, 0.4) is 0 Å². The maximum absolute atomic E-state index is 8.51. The normalized spacial score (nSPS) is 14.6. The molecule has 2 atom stereocenters. The molecule has 4 heteroatoms. The summed E-state index contributed by atoms with van der Waals surface area (Å²) in [5.41, 5.74) is 0. The second-order valence-electron chi connectivity index (χ2n) is 4.36. The lowest BCUT2D eigenvalue weighted by Crippen LogP contribution is -2.15. The van der Waals surface area contributed by atoms with Crippen LogP contribution in [0.15, 0.2) is 0 Å². The van der Waals surface area contributed by atoms with Crippen molar-refractivity contribution in [1.29, 1.82) is 0 Å². The van der Waals surface area contributed by atoms with Gasteiger partial charge in [-0.15, -0.1) is 0 Å². The maximum atomic E-state index is 8.51. The molecular formula is C12H28O4. The van der Waals surface area contributed by atoms with Crippen molar-refractivity contribution in [3.05, 3.63) is 0 Å². The molecule has 100 valence electrons. The number of aliphatic hydroxyl groups is 4. The van der Waals surface area contributed by atoms with Crippen molar-refractivity contribution in [1.82, 2.24) is 0 Å². The molecular weight excluding hydrogens is 208 g/mol. The largest absolute Gasteiger partial charge is 0.368 e. The number of hydrogen-bond donors (Lipinski definition) is 4. The first-order chi connectivity index (χ1) is 7.36. The monoisotopic (exact) mass is 236 g/mol. The summed E-state index contributed by atoms with van der Waals surface area (Å²) in [6, 6.07) is 0. The molecule has 0 aromatic heterocycles. The highest BCUT2D eigenvalue weighted by Gasteiger charge is 2.07. The molecule has 0 bridgehead atoms. The molecule has 0 saturated carbocycles. The van der Waals surface area contributed by atoms with Crippen molar-refractivity contribution in [2.24, 2.45) is 11.8 Å². The van der Waals surface area contributed by atoms with Crippen LogP contribution in [0, 0.1) is 11.8 Å². The van der Waals surface area contributed by atoms with Gasteiger partial charge in [-0.05, 0) is 12.8 Å². The van der Waals surface area contributed by atoms with Crippen LogP contribution in [0.1, 0.15) is 53.4 Å². The van der Waals surface area contributed by atoms with Gasteiger partial charge in [0, 0.05) is 11.8 Å². The molecule has 0 amide bonds. The predicted octanol–water partition coefficient (Wildman–Crippen LogP) is 1.47. The third-order valence-corrected chi connectivity index (χ3v) is 2.51. The lowest BCUT2D eigenvalue weighted by molar-refractivity contribution is -0.0809. The van der Waals surface area contributed by atoms with Crippen LogP contribution in [-0.4, -0.2) is 33.0 Å². The second-order valence-corrected chi connectivity index (χ2v) is 4.36. The van der Waals surface area contributed by atoms with Crippen molar-refractivity contribution in [3.63, 3.8) is 0 Å². The Bertz CT molecular complexity index is 121. The van der Waals surface area contributed by atoms with Gasteiger partial charge < -0.3 is 20.4 Å². The summed E-state index contributed by atoms with van der Waals surface area (Å²) in [5, 5.41) is 34.0. The maximum Gasteiger partial charge on any atom is 0.154 e. The van der Waals surface area contributed by atoms with Crippen molar-refractivity contribution in [3.8, 4) is 0 Å². The zero-order chi connectivity index (χ0) is 13.1. The van der Waals surface area contributed by atoms with Crippen LogP contribution in [0.2, 0.25) is 0 Å². The molecule has 16 heavy (non-hydrogen) atoms. The molecule has 2 unspecified atom stereocenters. The Labute approximate surface area is 98.9 Å². The third-order valence-electron chi connectivity index (χ3n) is 2.51. The van der Waals surface area contributed by atoms with Gasteiger partial charge in [0.2, 0.25) is 0 Å². The molecule has 0 aliphatic carbocycles. The Morgan fingerprint density at radius 1 is 0.688 bits per heavy atom. The minimum absolute atomic E-state index is 0.0278. The first kappa shape index (κ1) is 18.2. The minimum Gasteiger partial charge on any atom is -0.368 e. The fourth-order valence-electron chi connectivity index (χ4n) is 1.21. The van der Waals surface area contributed by atoms with Gasteiger partial charge >= 0.3 is 0 Å². The summed E-state index contributed by atoms with van der Waals surface area (Å²) in [7, 11) is 0. The molecule has 0 fully saturated rings. The van der Waals surface area contributed by atoms with E-state index in [1.165, 1.54) is 0 Å². The van der Waals surface area contributed by atoms with Gasteiger partial charge in [-0.2, -0.15) is 0 Å². The lowest BCUT2D eigenvalue weighted by Gasteiger charge is -2.10. The summed E-state index contributed by atoms with van der Waals surface area (Å²) >= 11 is 0. The zero-order valence-corrected chi connectivity index (χ0v) is 10.9. The van der Waals surface area contributed by atoms with Gasteiger partial charge in [0.25, 0.3) is 0 Å². The average Bonchev–Trinajstić information content (AvgIpc) is 2.19. The standard InChI is InChI=1S/2C6H14O2/c2*1-3-4-5(2)6(7)8/h2*5-8H,3-4H2,1-2H3. The first-order valence-corrected chi connectivity index (χ1v) is 6.08. The Balaban J connectivity index is 0. The Kier molecular flexibility index (Phi) is 12.9. The molecule has 0 radical (unpaired) electrons. The van der Waals surface area contributed by atoms with Crippen LogP contribution < -0.4 is 0 Å². The summed E-state index contributed by atoms with van der Waals surface area (Å²) in [4.78, 5) is 0. The fraction of sp³-hybridized carbons (Fsp3) is 1.00. The molecule has 0 aromatic carbocycles. The number of aliphatic hydroxyl groups excluding tert-OH is 2. The van der Waals surface area contributed by atoms with Crippen molar-refractivity contribution < 1.29 is 20.4 Å². The second kappa shape index (κ2) is 11.3. The van der Waals surface area contributed by atoms with Crippen molar-refractivity contribution in [2.75, 3.05) is 0 Å². The Morgan fingerprint density at radius 2 is 0.938 bits per heavy atom. The SMILES string of the molecule is CCCC(C)C(O)O.CCCC(C)C(O)O. The topological polar surface area (TPSA) is 80.9 Å². The van der Waals surface area contributed by atoms with E-state index in [-0.39, 0.29) is 11.8 Å². The molecule has 0 aromatic rings. The van der Waals surface area contributed by atoms with Crippen LogP contribution in [0.4, 0.5) is 0 Å². The molecule has 0 rings (SSSR count). The van der Waals surface area contributed by atoms with E-state index in [9.17, 15) is 0 Å². The highest BCUT2D eigenvalue weighted by molar-refractivity contribution is 4.51. The summed E-state index contributed by atoms with van der Waals surface area (Å²) in [5.74, 6) is 0.0556. The molecule has 0 saturated heterocycles. The van der Waals surface area contributed by atoms with E-state index in [2.05, 4.69) is 0 Å². The predicted molar refractivity (Wildman–Crippen MR) is 64.6 cm³/mol. The van der Waals surface area contributed by atoms with E-state index >= 15 is 0 Å². The molecule has 0 heterocycles. The molecule has 4 N–H and O–H groups in total. The molecule has 0 spiro atoms. The van der Waals surface area contributed by atoms with Gasteiger partial charge in [-0.25, -0.2) is 0 Å². The van der Waals surface area contributed by atoms with Gasteiger partial charge in [0.15, 0.2) is 12.6 Å². The van der Waals surface area contributed by atoms with E-state index in [4.69, 9.17) is 20.4 Å². The fourth-order valence-corrected chi connectivity index (χ4v) is 1.21. The minimum atomic E-state index is -1.13. The van der Waals surface area contributed by atoms with E-state index in [1.54, 1.807) is 0 Å². The van der Waals surface area contributed by atoms with Gasteiger partial charge in [0.1, 0.15) is 0 Å². The van der Waals surface area contributed by atoms with Crippen molar-refractivity contribution in [2.45, 2.75) is 66.0 Å². The van der Waals surface area contributed by atoms with Gasteiger partial charge in [0.05, 0.1) is 0 Å². The van der Waals surface area contributed by atoms with E-state index in [0.717, 1.165) is 25.7 Å². The van der Waals surface area contributed by atoms with E-state index < -0.39 is 12.6 Å². The van der Waals surface area contributed by atoms with Crippen LogP contribution >= 0.6 is 0 Å². The van der Waals surface area contributed by atoms with Crippen molar-refractivity contribution >= 4 is 0 Å². The quantitative estimate of drug-likeness (QED) is 0.526. The smallest absolute Gasteiger partial charge is 0.154 e. The molecule has 0 aliphatic heterocycles. The third kappa shape index (κ3) is 11.9. The highest BCUT2D eigenvalue weighted by atomic mass is 16.5. The Hall–Kier alpha value is -0.160. The van der Waals surface area contributed by atoms with Crippen LogP contribution in [-0.2, 0) is 0 Å². The summed E-state index contributed by atoms with van der Waals surface area (Å²) in [6.45, 7) is 7.71. The van der Waals surface area contributed by atoms with Crippen LogP contribution in [0.25, 0.3) is 0 Å². The summed E-state index contributed by atoms with van der Waals surface area (Å²) < 4.78 is 0. The lowest BCUT2D eigenvalue weighted by atomic mass is 10.1. The van der Waals surface area contributed by atoms with E-state index in [1.807, 2.05) is 27.7 Å². The zero-order valence-electron chi connectivity index (χ0n) is 10.9. The van der Waals surface area contributed by atoms with Crippen LogP contribution in [0.5, 0.6) is 0 Å². The summed E-state index contributed by atoms with van der Waals surface area (Å²) in [6.07, 6.45) is 1.54. The average molecular weight is 236 g/mol. The van der Waals surface area contributed by atoms with E-state index in [0.29, 0.717) is 0 Å². The Morgan fingerprint density at radius 3 is 1.00 bits per heavy atom. The molecule has 4 nitrogen and oxygen atoms in total. The molecule has 0 aliphatic rings. The number of hydrogen-bond acceptors (Lipinski definition) is 4. The van der Waals surface area contributed by atoms with Gasteiger partial charge in [-0.1, -0.05) is 40.5 Å². The van der Waals surface area contributed by atoms with Gasteiger partial charge in [-0.3, -0.25) is 0 Å². The number of rotatable bonds is 6. The highest BCUT2D eigenvalue weighted by Crippen LogP contribution is 2.07.